The highest BCUT2D eigenvalue weighted by molar-refractivity contribution is 6.22. The molecule has 0 N–H and O–H groups in total. The third-order valence-electron chi connectivity index (χ3n) is 4.42. The molecule has 4 rings (SSSR count). The van der Waals surface area contributed by atoms with Gasteiger partial charge in [0.05, 0.1) is 0 Å². The number of carbonyl (C=O) groups excluding carboxylic acids is 1. The van der Waals surface area contributed by atoms with E-state index in [1.54, 1.807) is 0 Å². The molecule has 0 unspecified atom stereocenters. The Morgan fingerprint density at radius 3 is 2.09 bits per heavy atom. The Hall–Kier alpha value is -2.67. The lowest BCUT2D eigenvalue weighted by atomic mass is 9.95. The van der Waals surface area contributed by atoms with Gasteiger partial charge in [-0.15, -0.1) is 0 Å². The van der Waals surface area contributed by atoms with Crippen LogP contribution in [0.1, 0.15) is 27.0 Å². The van der Waals surface area contributed by atoms with Crippen LogP contribution in [0.15, 0.2) is 60.7 Å². The molecule has 0 radical (unpaired) electrons. The van der Waals surface area contributed by atoms with Gasteiger partial charge in [0.25, 0.3) is 0 Å². The minimum atomic E-state index is 0.137. The average Bonchev–Trinajstić information content (AvgIpc) is 2.81. The summed E-state index contributed by atoms with van der Waals surface area (Å²) >= 11 is 0. The van der Waals surface area contributed by atoms with Crippen molar-refractivity contribution in [3.8, 4) is 22.3 Å². The molecule has 106 valence electrons. The number of benzene rings is 3. The summed E-state index contributed by atoms with van der Waals surface area (Å²) in [5.41, 5.74) is 8.66. The summed E-state index contributed by atoms with van der Waals surface area (Å²) in [5, 5.41) is 0. The fraction of sp³-hybridized carbons (Fsp3) is 0.0952. The number of ketones is 1. The van der Waals surface area contributed by atoms with E-state index in [0.717, 1.165) is 22.3 Å². The van der Waals surface area contributed by atoms with Crippen LogP contribution in [0.3, 0.4) is 0 Å². The molecular weight excluding hydrogens is 268 g/mol. The van der Waals surface area contributed by atoms with Crippen LogP contribution in [-0.4, -0.2) is 5.78 Å². The summed E-state index contributed by atoms with van der Waals surface area (Å²) in [5.74, 6) is 0.137. The zero-order valence-corrected chi connectivity index (χ0v) is 12.7. The second kappa shape index (κ2) is 4.67. The van der Waals surface area contributed by atoms with Crippen LogP contribution in [0.25, 0.3) is 22.3 Å². The van der Waals surface area contributed by atoms with Crippen molar-refractivity contribution in [3.05, 3.63) is 82.9 Å². The zero-order chi connectivity index (χ0) is 15.3. The van der Waals surface area contributed by atoms with Crippen LogP contribution < -0.4 is 0 Å². The van der Waals surface area contributed by atoms with Crippen molar-refractivity contribution in [1.82, 2.24) is 0 Å². The summed E-state index contributed by atoms with van der Waals surface area (Å²) in [7, 11) is 0. The van der Waals surface area contributed by atoms with Gasteiger partial charge in [-0.1, -0.05) is 54.1 Å². The summed E-state index contributed by atoms with van der Waals surface area (Å²) in [6.07, 6.45) is 0. The van der Waals surface area contributed by atoms with Crippen LogP contribution >= 0.6 is 0 Å². The van der Waals surface area contributed by atoms with E-state index < -0.39 is 0 Å². The summed E-state index contributed by atoms with van der Waals surface area (Å²) in [6, 6.07) is 20.5. The number of hydrogen-bond donors (Lipinski definition) is 0. The number of fused-ring (bicyclic) bond motifs is 3. The predicted octanol–water partition coefficient (Wildman–Crippen LogP) is 5.18. The van der Waals surface area contributed by atoms with E-state index in [4.69, 9.17) is 0 Å². The van der Waals surface area contributed by atoms with E-state index >= 15 is 0 Å². The van der Waals surface area contributed by atoms with Crippen LogP contribution in [-0.2, 0) is 0 Å². The predicted molar refractivity (Wildman–Crippen MR) is 90.2 cm³/mol. The molecule has 0 heterocycles. The average molecular weight is 284 g/mol. The largest absolute Gasteiger partial charge is 0.289 e. The monoisotopic (exact) mass is 284 g/mol. The molecule has 0 saturated carbocycles. The van der Waals surface area contributed by atoms with Crippen molar-refractivity contribution < 1.29 is 4.79 Å². The van der Waals surface area contributed by atoms with Crippen LogP contribution in [0, 0.1) is 13.8 Å². The van der Waals surface area contributed by atoms with Crippen molar-refractivity contribution in [3.63, 3.8) is 0 Å². The number of hydrogen-bond acceptors (Lipinski definition) is 1. The van der Waals surface area contributed by atoms with Crippen LogP contribution in [0.5, 0.6) is 0 Å². The Labute approximate surface area is 130 Å². The third-order valence-corrected chi connectivity index (χ3v) is 4.42. The first-order valence-corrected chi connectivity index (χ1v) is 7.51. The standard InChI is InChI=1S/C21H16O/c1-13-7-9-16(14(2)11-13)15-8-10-19-20(12-15)17-5-3-4-6-18(17)21(19)22/h3-12H,1-2H3. The summed E-state index contributed by atoms with van der Waals surface area (Å²) in [6.45, 7) is 4.24. The molecule has 0 spiro atoms. The summed E-state index contributed by atoms with van der Waals surface area (Å²) in [4.78, 5) is 12.4. The van der Waals surface area contributed by atoms with Gasteiger partial charge in [-0.05, 0) is 53.8 Å². The van der Waals surface area contributed by atoms with Crippen molar-refractivity contribution in [1.29, 1.82) is 0 Å². The fourth-order valence-corrected chi connectivity index (χ4v) is 3.33. The quantitative estimate of drug-likeness (QED) is 0.470. The maximum absolute atomic E-state index is 12.4. The maximum Gasteiger partial charge on any atom is 0.194 e. The van der Waals surface area contributed by atoms with E-state index in [1.165, 1.54) is 22.3 Å². The normalized spacial score (nSPS) is 12.2. The first kappa shape index (κ1) is 13.0. The molecule has 0 amide bonds. The molecule has 1 heteroatoms. The van der Waals surface area contributed by atoms with Gasteiger partial charge in [0, 0.05) is 11.1 Å². The molecule has 22 heavy (non-hydrogen) atoms. The van der Waals surface area contributed by atoms with Gasteiger partial charge in [-0.25, -0.2) is 0 Å². The topological polar surface area (TPSA) is 17.1 Å². The smallest absolute Gasteiger partial charge is 0.194 e. The molecular formula is C21H16O. The summed E-state index contributed by atoms with van der Waals surface area (Å²) < 4.78 is 0. The lowest BCUT2D eigenvalue weighted by molar-refractivity contribution is 0.104. The van der Waals surface area contributed by atoms with Crippen molar-refractivity contribution >= 4 is 5.78 Å². The lowest BCUT2D eigenvalue weighted by Gasteiger charge is -2.09. The van der Waals surface area contributed by atoms with Crippen LogP contribution in [0.4, 0.5) is 0 Å². The molecule has 0 aromatic heterocycles. The number of aryl methyl sites for hydroxylation is 2. The van der Waals surface area contributed by atoms with Crippen molar-refractivity contribution in [2.45, 2.75) is 13.8 Å². The Kier molecular flexibility index (Phi) is 2.77. The zero-order valence-electron chi connectivity index (χ0n) is 12.7. The second-order valence-electron chi connectivity index (χ2n) is 5.95. The molecule has 1 nitrogen and oxygen atoms in total. The Morgan fingerprint density at radius 1 is 0.636 bits per heavy atom. The highest BCUT2D eigenvalue weighted by Crippen LogP contribution is 2.39. The molecule has 0 fully saturated rings. The molecule has 1 aliphatic carbocycles. The second-order valence-corrected chi connectivity index (χ2v) is 5.95. The first-order valence-electron chi connectivity index (χ1n) is 7.51. The van der Waals surface area contributed by atoms with E-state index in [-0.39, 0.29) is 5.78 Å². The van der Waals surface area contributed by atoms with Crippen LogP contribution in [0.2, 0.25) is 0 Å². The Bertz CT molecular complexity index is 919. The minimum Gasteiger partial charge on any atom is -0.289 e. The van der Waals surface area contributed by atoms with Gasteiger partial charge in [0.2, 0.25) is 0 Å². The van der Waals surface area contributed by atoms with E-state index in [9.17, 15) is 4.79 Å². The molecule has 0 bridgehead atoms. The van der Waals surface area contributed by atoms with Gasteiger partial charge in [-0.2, -0.15) is 0 Å². The lowest BCUT2D eigenvalue weighted by Crippen LogP contribution is -1.94. The van der Waals surface area contributed by atoms with Crippen molar-refractivity contribution in [2.75, 3.05) is 0 Å². The van der Waals surface area contributed by atoms with Gasteiger partial charge < -0.3 is 0 Å². The fourth-order valence-electron chi connectivity index (χ4n) is 3.33. The maximum atomic E-state index is 12.4. The highest BCUT2D eigenvalue weighted by Gasteiger charge is 2.26. The molecule has 3 aromatic carbocycles. The third kappa shape index (κ3) is 1.82. The Morgan fingerprint density at radius 2 is 1.32 bits per heavy atom. The Balaban J connectivity index is 1.93. The van der Waals surface area contributed by atoms with Crippen molar-refractivity contribution in [2.24, 2.45) is 0 Å². The molecule has 1 aliphatic rings. The van der Waals surface area contributed by atoms with E-state index in [2.05, 4.69) is 44.2 Å². The number of rotatable bonds is 1. The van der Waals surface area contributed by atoms with E-state index in [1.807, 2.05) is 30.3 Å². The van der Waals surface area contributed by atoms with Gasteiger partial charge in [-0.3, -0.25) is 4.79 Å². The molecule has 0 aliphatic heterocycles. The molecule has 0 atom stereocenters. The highest BCUT2D eigenvalue weighted by atomic mass is 16.1. The van der Waals surface area contributed by atoms with Gasteiger partial charge in [0.15, 0.2) is 5.78 Å². The van der Waals surface area contributed by atoms with Gasteiger partial charge >= 0.3 is 0 Å². The first-order chi connectivity index (χ1) is 10.6. The molecule has 0 saturated heterocycles. The number of carbonyl (C=O) groups is 1. The van der Waals surface area contributed by atoms with Gasteiger partial charge in [0.1, 0.15) is 0 Å². The molecule has 3 aromatic rings. The minimum absolute atomic E-state index is 0.137. The SMILES string of the molecule is Cc1ccc(-c2ccc3c(c2)-c2ccccc2C3=O)c(C)c1. The van der Waals surface area contributed by atoms with E-state index in [0.29, 0.717) is 0 Å².